The van der Waals surface area contributed by atoms with Crippen LogP contribution in [0.15, 0.2) is 52.3 Å². The fraction of sp³-hybridized carbons (Fsp3) is 0.267. The second-order valence-corrected chi connectivity index (χ2v) is 6.96. The van der Waals surface area contributed by atoms with Crippen molar-refractivity contribution in [2.75, 3.05) is 7.05 Å². The first kappa shape index (κ1) is 21.0. The molecular weight excluding hydrogens is 367 g/mol. The SMILES string of the molecule is C=N/C=C(\C=C(/C)F)S(=O)(=O)N(C)[C@H](c1ccc(F)cc1)C(F)(F)F. The molecule has 1 aromatic rings. The summed E-state index contributed by atoms with van der Waals surface area (Å²) >= 11 is 0. The summed E-state index contributed by atoms with van der Waals surface area (Å²) in [6, 6.07) is 0.611. The first-order valence-corrected chi connectivity index (χ1v) is 8.15. The van der Waals surface area contributed by atoms with Gasteiger partial charge in [-0.15, -0.1) is 0 Å². The largest absolute Gasteiger partial charge is 0.409 e. The molecule has 0 aromatic heterocycles. The van der Waals surface area contributed by atoms with E-state index in [2.05, 4.69) is 11.7 Å². The fourth-order valence-corrected chi connectivity index (χ4v) is 3.39. The van der Waals surface area contributed by atoms with Gasteiger partial charge in [0.15, 0.2) is 0 Å². The summed E-state index contributed by atoms with van der Waals surface area (Å²) in [7, 11) is -4.08. The van der Waals surface area contributed by atoms with E-state index in [4.69, 9.17) is 0 Å². The Morgan fingerprint density at radius 1 is 1.28 bits per heavy atom. The zero-order valence-electron chi connectivity index (χ0n) is 13.3. The van der Waals surface area contributed by atoms with Crippen LogP contribution in [-0.2, 0) is 10.0 Å². The highest BCUT2D eigenvalue weighted by atomic mass is 32.2. The van der Waals surface area contributed by atoms with Gasteiger partial charge in [0.05, 0.1) is 5.83 Å². The third-order valence-electron chi connectivity index (χ3n) is 3.10. The topological polar surface area (TPSA) is 49.7 Å². The van der Waals surface area contributed by atoms with E-state index in [0.717, 1.165) is 31.2 Å². The number of nitrogens with zero attached hydrogens (tertiary/aromatic N) is 2. The lowest BCUT2D eigenvalue weighted by molar-refractivity contribution is -0.171. The Bertz CT molecular complexity index is 779. The summed E-state index contributed by atoms with van der Waals surface area (Å²) in [6.07, 6.45) is -3.84. The van der Waals surface area contributed by atoms with Gasteiger partial charge in [-0.25, -0.2) is 17.2 Å². The number of allylic oxidation sites excluding steroid dienone is 2. The predicted molar refractivity (Wildman–Crippen MR) is 84.4 cm³/mol. The van der Waals surface area contributed by atoms with Gasteiger partial charge in [-0.05, 0) is 37.4 Å². The Hall–Kier alpha value is -2.07. The molecule has 1 atom stereocenters. The van der Waals surface area contributed by atoms with Crippen LogP contribution in [0.5, 0.6) is 0 Å². The molecule has 0 aliphatic heterocycles. The number of rotatable bonds is 6. The molecular formula is C15H15F5N2O2S. The molecule has 0 bridgehead atoms. The summed E-state index contributed by atoms with van der Waals surface area (Å²) in [6.45, 7) is 3.94. The van der Waals surface area contributed by atoms with Gasteiger partial charge in [-0.3, -0.25) is 4.99 Å². The van der Waals surface area contributed by atoms with Crippen LogP contribution in [0.25, 0.3) is 0 Å². The lowest BCUT2D eigenvalue weighted by Crippen LogP contribution is -2.40. The van der Waals surface area contributed by atoms with E-state index >= 15 is 0 Å². The molecule has 0 spiro atoms. The molecule has 4 nitrogen and oxygen atoms in total. The van der Waals surface area contributed by atoms with Gasteiger partial charge in [0, 0.05) is 13.2 Å². The van der Waals surface area contributed by atoms with Gasteiger partial charge in [0.25, 0.3) is 0 Å². The lowest BCUT2D eigenvalue weighted by Gasteiger charge is -2.29. The summed E-state index contributed by atoms with van der Waals surface area (Å²) < 4.78 is 91.4. The summed E-state index contributed by atoms with van der Waals surface area (Å²) in [5.41, 5.74) is -0.494. The molecule has 0 N–H and O–H groups in total. The van der Waals surface area contributed by atoms with E-state index in [0.29, 0.717) is 19.3 Å². The third-order valence-corrected chi connectivity index (χ3v) is 4.88. The van der Waals surface area contributed by atoms with E-state index in [1.54, 1.807) is 0 Å². The molecule has 0 heterocycles. The number of benzene rings is 1. The number of alkyl halides is 3. The molecule has 1 rings (SSSR count). The van der Waals surface area contributed by atoms with Crippen molar-refractivity contribution in [1.82, 2.24) is 4.31 Å². The number of halogens is 5. The molecule has 1 aromatic carbocycles. The van der Waals surface area contributed by atoms with Gasteiger partial charge < -0.3 is 0 Å². The van der Waals surface area contributed by atoms with Crippen LogP contribution in [-0.4, -0.2) is 32.7 Å². The van der Waals surface area contributed by atoms with Crippen LogP contribution in [0.3, 0.4) is 0 Å². The van der Waals surface area contributed by atoms with Gasteiger partial charge in [-0.1, -0.05) is 12.1 Å². The summed E-state index contributed by atoms with van der Waals surface area (Å²) in [5, 5.41) is 0. The molecule has 0 aliphatic carbocycles. The highest BCUT2D eigenvalue weighted by Gasteiger charge is 2.47. The average molecular weight is 382 g/mol. The third kappa shape index (κ3) is 5.20. The fourth-order valence-electron chi connectivity index (χ4n) is 2.02. The normalized spacial score (nSPS) is 15.4. The van der Waals surface area contributed by atoms with Crippen LogP contribution in [0.4, 0.5) is 22.0 Å². The van der Waals surface area contributed by atoms with Crippen molar-refractivity contribution in [1.29, 1.82) is 0 Å². The van der Waals surface area contributed by atoms with Gasteiger partial charge in [-0.2, -0.15) is 17.5 Å². The van der Waals surface area contributed by atoms with E-state index in [1.165, 1.54) is 0 Å². The van der Waals surface area contributed by atoms with E-state index in [-0.39, 0.29) is 4.31 Å². The van der Waals surface area contributed by atoms with Crippen LogP contribution in [0, 0.1) is 5.82 Å². The van der Waals surface area contributed by atoms with Crippen molar-refractivity contribution in [3.63, 3.8) is 0 Å². The minimum Gasteiger partial charge on any atom is -0.271 e. The Labute approximate surface area is 142 Å². The van der Waals surface area contributed by atoms with Crippen LogP contribution >= 0.6 is 0 Å². The standard InChI is InChI=1S/C15H15F5N2O2S/c1-10(16)8-13(9-21-2)25(23,24)22(3)14(15(18,19)20)11-4-6-12(17)7-5-11/h4-9,14H,2H2,1,3H3/b10-8+,13-9+/t14-/m1/s1. The lowest BCUT2D eigenvalue weighted by atomic mass is 10.1. The van der Waals surface area contributed by atoms with Gasteiger partial charge in [0.1, 0.15) is 16.8 Å². The average Bonchev–Trinajstić information content (AvgIpc) is 2.47. The van der Waals surface area contributed by atoms with Crippen molar-refractivity contribution >= 4 is 16.7 Å². The zero-order chi connectivity index (χ0) is 19.4. The van der Waals surface area contributed by atoms with Crippen molar-refractivity contribution in [2.45, 2.75) is 19.1 Å². The second-order valence-electron chi connectivity index (χ2n) is 4.96. The maximum atomic E-state index is 13.5. The Morgan fingerprint density at radius 3 is 2.20 bits per heavy atom. The highest BCUT2D eigenvalue weighted by molar-refractivity contribution is 7.93. The highest BCUT2D eigenvalue weighted by Crippen LogP contribution is 2.39. The quantitative estimate of drug-likeness (QED) is 0.422. The maximum Gasteiger partial charge on any atom is 0.409 e. The van der Waals surface area contributed by atoms with Crippen LogP contribution < -0.4 is 0 Å². The first-order chi connectivity index (χ1) is 11.4. The van der Waals surface area contributed by atoms with E-state index in [1.807, 2.05) is 0 Å². The number of sulfonamides is 1. The van der Waals surface area contributed by atoms with Crippen molar-refractivity contribution in [3.8, 4) is 0 Å². The zero-order valence-corrected chi connectivity index (χ0v) is 14.1. The second kappa shape index (κ2) is 7.87. The Kier molecular flexibility index (Phi) is 6.61. The Morgan fingerprint density at radius 2 is 1.80 bits per heavy atom. The minimum atomic E-state index is -5.00. The molecule has 25 heavy (non-hydrogen) atoms. The molecule has 138 valence electrons. The van der Waals surface area contributed by atoms with Crippen LogP contribution in [0.1, 0.15) is 18.5 Å². The van der Waals surface area contributed by atoms with Crippen LogP contribution in [0.2, 0.25) is 0 Å². The Balaban J connectivity index is 3.49. The molecule has 0 radical (unpaired) electrons. The monoisotopic (exact) mass is 382 g/mol. The summed E-state index contributed by atoms with van der Waals surface area (Å²) in [4.78, 5) is 2.38. The van der Waals surface area contributed by atoms with Gasteiger partial charge >= 0.3 is 6.18 Å². The van der Waals surface area contributed by atoms with Gasteiger partial charge in [0.2, 0.25) is 10.0 Å². The molecule has 0 saturated heterocycles. The van der Waals surface area contributed by atoms with Crippen molar-refractivity contribution in [3.05, 3.63) is 58.7 Å². The molecule has 0 unspecified atom stereocenters. The first-order valence-electron chi connectivity index (χ1n) is 6.71. The maximum absolute atomic E-state index is 13.5. The minimum absolute atomic E-state index is 0.0245. The smallest absolute Gasteiger partial charge is 0.271 e. The predicted octanol–water partition coefficient (Wildman–Crippen LogP) is 4.11. The molecule has 0 saturated carbocycles. The molecule has 10 heteroatoms. The van der Waals surface area contributed by atoms with E-state index in [9.17, 15) is 30.4 Å². The number of hydrogen-bond acceptors (Lipinski definition) is 3. The number of aliphatic imine (C=N–C) groups is 1. The van der Waals surface area contributed by atoms with Crippen molar-refractivity contribution < 1.29 is 30.4 Å². The van der Waals surface area contributed by atoms with Crippen molar-refractivity contribution in [2.24, 2.45) is 4.99 Å². The number of hydrogen-bond donors (Lipinski definition) is 0. The summed E-state index contributed by atoms with van der Waals surface area (Å²) in [5.74, 6) is -1.72. The molecule has 0 aliphatic rings. The van der Waals surface area contributed by atoms with E-state index < -0.39 is 44.4 Å². The molecule has 0 amide bonds. The molecule has 0 fully saturated rings.